The lowest BCUT2D eigenvalue weighted by molar-refractivity contribution is -0.139. The van der Waals surface area contributed by atoms with E-state index in [0.717, 1.165) is 11.3 Å². The summed E-state index contributed by atoms with van der Waals surface area (Å²) < 4.78 is 18.9. The predicted molar refractivity (Wildman–Crippen MR) is 77.6 cm³/mol. The molecule has 1 heterocycles. The number of benzene rings is 1. The van der Waals surface area contributed by atoms with Crippen molar-refractivity contribution in [2.75, 3.05) is 7.11 Å². The summed E-state index contributed by atoms with van der Waals surface area (Å²) in [6, 6.07) is 7.47. The van der Waals surface area contributed by atoms with Crippen LogP contribution in [0.3, 0.4) is 0 Å². The van der Waals surface area contributed by atoms with Crippen molar-refractivity contribution in [2.24, 2.45) is 0 Å². The van der Waals surface area contributed by atoms with E-state index in [-0.39, 0.29) is 18.0 Å². The van der Waals surface area contributed by atoms with Crippen LogP contribution in [0.25, 0.3) is 0 Å². The zero-order valence-electron chi connectivity index (χ0n) is 10.5. The maximum atomic E-state index is 13.7. The molecule has 0 amide bonds. The Morgan fingerprint density at radius 3 is 2.75 bits per heavy atom. The number of halogens is 2. The molecule has 6 heteroatoms. The van der Waals surface area contributed by atoms with Gasteiger partial charge in [-0.3, -0.25) is 9.59 Å². The van der Waals surface area contributed by atoms with Crippen molar-refractivity contribution in [1.29, 1.82) is 0 Å². The summed E-state index contributed by atoms with van der Waals surface area (Å²) in [6.07, 6.45) is 0.107. The van der Waals surface area contributed by atoms with E-state index in [1.807, 2.05) is 0 Å². The Hall–Kier alpha value is -1.53. The van der Waals surface area contributed by atoms with Gasteiger partial charge < -0.3 is 4.74 Å². The molecule has 1 aromatic heterocycles. The molecule has 0 aliphatic carbocycles. The molecule has 0 spiro atoms. The highest BCUT2D eigenvalue weighted by Crippen LogP contribution is 2.24. The van der Waals surface area contributed by atoms with Crippen LogP contribution in [0.4, 0.5) is 4.39 Å². The van der Waals surface area contributed by atoms with Gasteiger partial charge in [0.05, 0.1) is 24.0 Å². The molecule has 0 saturated heterocycles. The Bertz CT molecular complexity index is 666. The average Bonchev–Trinajstić information content (AvgIpc) is 2.89. The van der Waals surface area contributed by atoms with Gasteiger partial charge in [0.1, 0.15) is 5.82 Å². The van der Waals surface area contributed by atoms with Gasteiger partial charge in [0.25, 0.3) is 0 Å². The molecule has 2 rings (SSSR count). The first-order chi connectivity index (χ1) is 9.51. The van der Waals surface area contributed by atoms with Gasteiger partial charge in [-0.05, 0) is 30.3 Å². The van der Waals surface area contributed by atoms with Crippen molar-refractivity contribution in [3.63, 3.8) is 0 Å². The monoisotopic (exact) mass is 356 g/mol. The number of methoxy groups -OCH3 is 1. The van der Waals surface area contributed by atoms with Crippen molar-refractivity contribution in [3.05, 3.63) is 55.9 Å². The number of hydrogen-bond acceptors (Lipinski definition) is 4. The number of hydrogen-bond donors (Lipinski definition) is 0. The van der Waals surface area contributed by atoms with Gasteiger partial charge in [-0.15, -0.1) is 11.3 Å². The SMILES string of the molecule is COC(=O)Cc1ccc(C(=O)c2cc(Br)ccc2F)s1. The molecule has 0 atom stereocenters. The van der Waals surface area contributed by atoms with Crippen LogP contribution in [0.1, 0.15) is 20.1 Å². The van der Waals surface area contributed by atoms with E-state index in [1.54, 1.807) is 12.1 Å². The summed E-state index contributed by atoms with van der Waals surface area (Å²) >= 11 is 4.37. The number of carbonyl (C=O) groups is 2. The lowest BCUT2D eigenvalue weighted by Gasteiger charge is -2.01. The second-order valence-electron chi connectivity index (χ2n) is 3.97. The van der Waals surface area contributed by atoms with Gasteiger partial charge in [-0.25, -0.2) is 4.39 Å². The summed E-state index contributed by atoms with van der Waals surface area (Å²) in [5.74, 6) is -1.34. The average molecular weight is 357 g/mol. The number of ether oxygens (including phenoxy) is 1. The van der Waals surface area contributed by atoms with Crippen LogP contribution in [0.5, 0.6) is 0 Å². The van der Waals surface area contributed by atoms with Crippen molar-refractivity contribution >= 4 is 39.0 Å². The summed E-state index contributed by atoms with van der Waals surface area (Å²) in [4.78, 5) is 24.5. The van der Waals surface area contributed by atoms with Crippen molar-refractivity contribution < 1.29 is 18.7 Å². The third-order valence-corrected chi connectivity index (χ3v) is 4.18. The molecule has 0 unspecified atom stereocenters. The second kappa shape index (κ2) is 6.28. The molecule has 0 fully saturated rings. The molecule has 1 aromatic carbocycles. The van der Waals surface area contributed by atoms with Crippen LogP contribution in [-0.4, -0.2) is 18.9 Å². The summed E-state index contributed by atoms with van der Waals surface area (Å²) in [5, 5.41) is 0. The quantitative estimate of drug-likeness (QED) is 0.620. The number of thiophene rings is 1. The predicted octanol–water partition coefficient (Wildman–Crippen LogP) is 3.60. The summed E-state index contributed by atoms with van der Waals surface area (Å²) in [7, 11) is 1.30. The van der Waals surface area contributed by atoms with Crippen molar-refractivity contribution in [2.45, 2.75) is 6.42 Å². The van der Waals surface area contributed by atoms with Crippen LogP contribution in [-0.2, 0) is 16.0 Å². The number of rotatable bonds is 4. The minimum atomic E-state index is -0.568. The Morgan fingerprint density at radius 2 is 2.05 bits per heavy atom. The van der Waals surface area contributed by atoms with Gasteiger partial charge in [0, 0.05) is 9.35 Å². The minimum absolute atomic E-state index is 0.00541. The van der Waals surface area contributed by atoms with Crippen molar-refractivity contribution in [3.8, 4) is 0 Å². The third-order valence-electron chi connectivity index (χ3n) is 2.60. The lowest BCUT2D eigenvalue weighted by atomic mass is 10.1. The van der Waals surface area contributed by atoms with Gasteiger partial charge in [0.15, 0.2) is 0 Å². The topological polar surface area (TPSA) is 43.4 Å². The standard InChI is InChI=1S/C14H10BrFO3S/c1-19-13(17)7-9-3-5-12(20-9)14(18)10-6-8(15)2-4-11(10)16/h2-6H,7H2,1H3. The third kappa shape index (κ3) is 3.32. The Kier molecular flexibility index (Phi) is 4.67. The Labute approximate surface area is 127 Å². The highest BCUT2D eigenvalue weighted by molar-refractivity contribution is 9.10. The van der Waals surface area contributed by atoms with Gasteiger partial charge >= 0.3 is 5.97 Å². The highest BCUT2D eigenvalue weighted by atomic mass is 79.9. The van der Waals surface area contributed by atoms with E-state index in [1.165, 1.54) is 25.3 Å². The maximum absolute atomic E-state index is 13.7. The first-order valence-electron chi connectivity index (χ1n) is 5.66. The zero-order chi connectivity index (χ0) is 14.7. The van der Waals surface area contributed by atoms with E-state index >= 15 is 0 Å². The summed E-state index contributed by atoms with van der Waals surface area (Å²) in [6.45, 7) is 0. The minimum Gasteiger partial charge on any atom is -0.469 e. The van der Waals surface area contributed by atoms with E-state index in [9.17, 15) is 14.0 Å². The lowest BCUT2D eigenvalue weighted by Crippen LogP contribution is -2.03. The van der Waals surface area contributed by atoms with Gasteiger partial charge in [0.2, 0.25) is 5.78 Å². The maximum Gasteiger partial charge on any atom is 0.310 e. The fraction of sp³-hybridized carbons (Fsp3) is 0.143. The fourth-order valence-electron chi connectivity index (χ4n) is 1.61. The molecule has 0 aliphatic rings. The summed E-state index contributed by atoms with van der Waals surface area (Å²) in [5.41, 5.74) is 0.00541. The molecule has 0 saturated carbocycles. The highest BCUT2D eigenvalue weighted by Gasteiger charge is 2.17. The molecule has 20 heavy (non-hydrogen) atoms. The first-order valence-corrected chi connectivity index (χ1v) is 7.27. The van der Waals surface area contributed by atoms with E-state index in [4.69, 9.17) is 0 Å². The van der Waals surface area contributed by atoms with Gasteiger partial charge in [-0.1, -0.05) is 15.9 Å². The zero-order valence-corrected chi connectivity index (χ0v) is 12.9. The molecule has 3 nitrogen and oxygen atoms in total. The van der Waals surface area contributed by atoms with E-state index < -0.39 is 11.6 Å². The fourth-order valence-corrected chi connectivity index (χ4v) is 2.92. The molecular weight excluding hydrogens is 347 g/mol. The van der Waals surface area contributed by atoms with Crippen molar-refractivity contribution in [1.82, 2.24) is 0 Å². The Morgan fingerprint density at radius 1 is 1.30 bits per heavy atom. The first kappa shape index (κ1) is 14.9. The smallest absolute Gasteiger partial charge is 0.310 e. The largest absolute Gasteiger partial charge is 0.469 e. The van der Waals surface area contributed by atoms with Crippen LogP contribution in [0.2, 0.25) is 0 Å². The molecule has 104 valence electrons. The van der Waals surface area contributed by atoms with Crippen LogP contribution in [0.15, 0.2) is 34.8 Å². The molecule has 0 bridgehead atoms. The normalized spacial score (nSPS) is 10.3. The van der Waals surface area contributed by atoms with Gasteiger partial charge in [-0.2, -0.15) is 0 Å². The second-order valence-corrected chi connectivity index (χ2v) is 6.06. The van der Waals surface area contributed by atoms with Crippen LogP contribution >= 0.6 is 27.3 Å². The molecule has 0 N–H and O–H groups in total. The molecule has 0 aliphatic heterocycles. The molecule has 2 aromatic rings. The van der Waals surface area contributed by atoms with E-state index in [0.29, 0.717) is 14.2 Å². The Balaban J connectivity index is 2.25. The number of ketones is 1. The number of esters is 1. The van der Waals surface area contributed by atoms with E-state index in [2.05, 4.69) is 20.7 Å². The number of carbonyl (C=O) groups excluding carboxylic acids is 2. The molecule has 0 radical (unpaired) electrons. The molecular formula is C14H10BrFO3S. The van der Waals surface area contributed by atoms with Crippen LogP contribution < -0.4 is 0 Å². The van der Waals surface area contributed by atoms with Crippen LogP contribution in [0, 0.1) is 5.82 Å².